The fourth-order valence-corrected chi connectivity index (χ4v) is 3.89. The van der Waals surface area contributed by atoms with Gasteiger partial charge < -0.3 is 0 Å². The van der Waals surface area contributed by atoms with Gasteiger partial charge in [-0.2, -0.15) is 5.10 Å². The molecule has 136 valence electrons. The molecule has 0 fully saturated rings. The number of halogens is 2. The molecular weight excluding hydrogens is 389 g/mol. The Bertz CT molecular complexity index is 1220. The van der Waals surface area contributed by atoms with Crippen LogP contribution in [0.25, 0.3) is 16.6 Å². The van der Waals surface area contributed by atoms with Gasteiger partial charge in [0.25, 0.3) is 10.0 Å². The zero-order valence-electron chi connectivity index (χ0n) is 13.8. The molecule has 0 atom stereocenters. The van der Waals surface area contributed by atoms with Gasteiger partial charge in [0, 0.05) is 16.1 Å². The van der Waals surface area contributed by atoms with E-state index in [1.54, 1.807) is 41.2 Å². The molecule has 0 saturated heterocycles. The summed E-state index contributed by atoms with van der Waals surface area (Å²) in [5, 5.41) is 5.51. The van der Waals surface area contributed by atoms with E-state index in [4.69, 9.17) is 11.6 Å². The van der Waals surface area contributed by atoms with E-state index in [2.05, 4.69) is 9.82 Å². The normalized spacial score (nSPS) is 11.6. The second-order valence-corrected chi connectivity index (χ2v) is 7.98. The smallest absolute Gasteiger partial charge is 0.261 e. The Hall–Kier alpha value is -2.90. The van der Waals surface area contributed by atoms with E-state index in [9.17, 15) is 12.8 Å². The predicted molar refractivity (Wildman–Crippen MR) is 103 cm³/mol. The number of hydrogen-bond acceptors (Lipinski definition) is 3. The molecule has 0 unspecified atom stereocenters. The molecule has 1 heterocycles. The quantitative estimate of drug-likeness (QED) is 0.542. The van der Waals surface area contributed by atoms with Crippen molar-refractivity contribution in [3.63, 3.8) is 0 Å². The Morgan fingerprint density at radius 3 is 2.37 bits per heavy atom. The molecule has 0 aliphatic heterocycles. The fourth-order valence-electron chi connectivity index (χ4n) is 2.71. The van der Waals surface area contributed by atoms with Crippen molar-refractivity contribution in [2.75, 3.05) is 4.72 Å². The first-order chi connectivity index (χ1) is 12.9. The summed E-state index contributed by atoms with van der Waals surface area (Å²) in [5.41, 5.74) is 1.90. The van der Waals surface area contributed by atoms with Crippen molar-refractivity contribution in [3.05, 3.63) is 83.8 Å². The van der Waals surface area contributed by atoms with Gasteiger partial charge in [0.15, 0.2) is 0 Å². The molecule has 0 bridgehead atoms. The van der Waals surface area contributed by atoms with Crippen LogP contribution in [0.15, 0.2) is 77.8 Å². The zero-order chi connectivity index (χ0) is 19.0. The van der Waals surface area contributed by atoms with E-state index in [0.29, 0.717) is 16.4 Å². The van der Waals surface area contributed by atoms with Gasteiger partial charge in [0.05, 0.1) is 22.3 Å². The summed E-state index contributed by atoms with van der Waals surface area (Å²) in [4.78, 5) is 0.119. The second-order valence-electron chi connectivity index (χ2n) is 5.87. The van der Waals surface area contributed by atoms with Crippen molar-refractivity contribution in [2.24, 2.45) is 0 Å². The molecule has 0 aliphatic carbocycles. The van der Waals surface area contributed by atoms with Gasteiger partial charge in [-0.3, -0.25) is 4.72 Å². The third-order valence-corrected chi connectivity index (χ3v) is 5.66. The van der Waals surface area contributed by atoms with Crippen molar-refractivity contribution in [1.29, 1.82) is 0 Å². The van der Waals surface area contributed by atoms with E-state index < -0.39 is 10.0 Å². The molecule has 0 saturated carbocycles. The van der Waals surface area contributed by atoms with E-state index in [1.165, 1.54) is 36.4 Å². The highest BCUT2D eigenvalue weighted by Crippen LogP contribution is 2.24. The summed E-state index contributed by atoms with van der Waals surface area (Å²) in [6.45, 7) is 0. The summed E-state index contributed by atoms with van der Waals surface area (Å²) < 4.78 is 42.3. The summed E-state index contributed by atoms with van der Waals surface area (Å²) in [6, 6.07) is 17.0. The number of benzene rings is 3. The molecule has 0 aliphatic rings. The molecule has 4 aromatic rings. The number of hydrogen-bond donors (Lipinski definition) is 1. The molecule has 8 heteroatoms. The van der Waals surface area contributed by atoms with Crippen molar-refractivity contribution in [2.45, 2.75) is 4.90 Å². The minimum Gasteiger partial charge on any atom is -0.280 e. The molecular formula is C19H13ClFN3O2S. The van der Waals surface area contributed by atoms with Crippen LogP contribution >= 0.6 is 11.6 Å². The van der Waals surface area contributed by atoms with Gasteiger partial charge in [-0.15, -0.1) is 0 Å². The molecule has 0 spiro atoms. The topological polar surface area (TPSA) is 64.0 Å². The van der Waals surface area contributed by atoms with Crippen molar-refractivity contribution in [3.8, 4) is 5.69 Å². The standard InChI is InChI=1S/C19H13ClFN3O2S/c20-14-1-8-18(9-2-14)27(25,26)23-16-5-10-19-13(11-16)12-22-24(19)17-6-3-15(21)4-7-17/h1-12,23H. The molecule has 0 radical (unpaired) electrons. The summed E-state index contributed by atoms with van der Waals surface area (Å²) >= 11 is 5.80. The van der Waals surface area contributed by atoms with Gasteiger partial charge in [-0.05, 0) is 66.7 Å². The molecule has 0 amide bonds. The number of fused-ring (bicyclic) bond motifs is 1. The number of aromatic nitrogens is 2. The molecule has 5 nitrogen and oxygen atoms in total. The van der Waals surface area contributed by atoms with E-state index in [0.717, 1.165) is 10.9 Å². The Morgan fingerprint density at radius 2 is 1.67 bits per heavy atom. The summed E-state index contributed by atoms with van der Waals surface area (Å²) in [5.74, 6) is -0.325. The Labute approximate surface area is 160 Å². The van der Waals surface area contributed by atoms with Gasteiger partial charge in [0.1, 0.15) is 5.82 Å². The SMILES string of the molecule is O=S(=O)(Nc1ccc2c(cnn2-c2ccc(F)cc2)c1)c1ccc(Cl)cc1. The molecule has 3 aromatic carbocycles. The number of nitrogens with zero attached hydrogens (tertiary/aromatic N) is 2. The van der Waals surface area contributed by atoms with Gasteiger partial charge >= 0.3 is 0 Å². The highest BCUT2D eigenvalue weighted by molar-refractivity contribution is 7.92. The molecule has 1 N–H and O–H groups in total. The first-order valence-electron chi connectivity index (χ1n) is 7.94. The molecule has 4 rings (SSSR count). The Morgan fingerprint density at radius 1 is 0.963 bits per heavy atom. The lowest BCUT2D eigenvalue weighted by atomic mass is 10.2. The van der Waals surface area contributed by atoms with Crippen LogP contribution in [-0.4, -0.2) is 18.2 Å². The lowest BCUT2D eigenvalue weighted by molar-refractivity contribution is 0.601. The summed E-state index contributed by atoms with van der Waals surface area (Å²) in [6.07, 6.45) is 1.62. The average molecular weight is 402 g/mol. The highest BCUT2D eigenvalue weighted by Gasteiger charge is 2.15. The first-order valence-corrected chi connectivity index (χ1v) is 9.81. The lowest BCUT2D eigenvalue weighted by Gasteiger charge is -2.09. The van der Waals surface area contributed by atoms with Gasteiger partial charge in [-0.25, -0.2) is 17.5 Å². The van der Waals surface area contributed by atoms with Crippen LogP contribution in [0.4, 0.5) is 10.1 Å². The number of sulfonamides is 1. The number of rotatable bonds is 4. The van der Waals surface area contributed by atoms with Crippen LogP contribution in [0.1, 0.15) is 0 Å². The lowest BCUT2D eigenvalue weighted by Crippen LogP contribution is -2.12. The maximum absolute atomic E-state index is 13.1. The van der Waals surface area contributed by atoms with Crippen LogP contribution < -0.4 is 4.72 Å². The maximum Gasteiger partial charge on any atom is 0.261 e. The van der Waals surface area contributed by atoms with Crippen LogP contribution in [0.5, 0.6) is 0 Å². The fraction of sp³-hybridized carbons (Fsp3) is 0. The predicted octanol–water partition coefficient (Wildman–Crippen LogP) is 4.62. The number of anilines is 1. The average Bonchev–Trinajstić information content (AvgIpc) is 3.05. The zero-order valence-corrected chi connectivity index (χ0v) is 15.4. The van der Waals surface area contributed by atoms with Crippen LogP contribution in [0.3, 0.4) is 0 Å². The second kappa shape index (κ2) is 6.68. The first kappa shape index (κ1) is 17.5. The Kier molecular flexibility index (Phi) is 4.33. The van der Waals surface area contributed by atoms with Crippen molar-refractivity contribution in [1.82, 2.24) is 9.78 Å². The van der Waals surface area contributed by atoms with E-state index in [-0.39, 0.29) is 10.7 Å². The maximum atomic E-state index is 13.1. The van der Waals surface area contributed by atoms with E-state index in [1.807, 2.05) is 0 Å². The van der Waals surface area contributed by atoms with Crippen LogP contribution in [-0.2, 0) is 10.0 Å². The molecule has 27 heavy (non-hydrogen) atoms. The van der Waals surface area contributed by atoms with Crippen LogP contribution in [0, 0.1) is 5.82 Å². The third kappa shape index (κ3) is 3.51. The Balaban J connectivity index is 1.66. The minimum atomic E-state index is -3.73. The molecule has 1 aromatic heterocycles. The minimum absolute atomic E-state index is 0.119. The van der Waals surface area contributed by atoms with Gasteiger partial charge in [-0.1, -0.05) is 11.6 Å². The van der Waals surface area contributed by atoms with Gasteiger partial charge in [0.2, 0.25) is 0 Å². The third-order valence-electron chi connectivity index (χ3n) is 4.02. The van der Waals surface area contributed by atoms with Crippen molar-refractivity contribution >= 4 is 38.2 Å². The van der Waals surface area contributed by atoms with E-state index >= 15 is 0 Å². The van der Waals surface area contributed by atoms with Crippen LogP contribution in [0.2, 0.25) is 5.02 Å². The highest BCUT2D eigenvalue weighted by atomic mass is 35.5. The van der Waals surface area contributed by atoms with Crippen molar-refractivity contribution < 1.29 is 12.8 Å². The summed E-state index contributed by atoms with van der Waals surface area (Å²) in [7, 11) is -3.73. The number of nitrogens with one attached hydrogen (secondary N) is 1. The largest absolute Gasteiger partial charge is 0.280 e. The monoisotopic (exact) mass is 401 g/mol.